The molecular weight excluding hydrogens is 404 g/mol. The van der Waals surface area contributed by atoms with Gasteiger partial charge < -0.3 is 24.8 Å². The Hall–Kier alpha value is -4.07. The van der Waals surface area contributed by atoms with Crippen LogP contribution in [-0.2, 0) is 13.6 Å². The molecule has 8 heteroatoms. The number of carbonyl (C=O) groups excluding carboxylic acids is 1. The maximum Gasteiger partial charge on any atom is 0.270 e. The van der Waals surface area contributed by atoms with Gasteiger partial charge in [-0.15, -0.1) is 0 Å². The summed E-state index contributed by atoms with van der Waals surface area (Å²) < 4.78 is 7.35. The summed E-state index contributed by atoms with van der Waals surface area (Å²) in [6.45, 7) is 1.60. The summed E-state index contributed by atoms with van der Waals surface area (Å²) in [5.74, 6) is 1.14. The zero-order chi connectivity index (χ0) is 22.1. The Bertz CT molecular complexity index is 1300. The lowest BCUT2D eigenvalue weighted by Crippen LogP contribution is -2.34. The van der Waals surface area contributed by atoms with Gasteiger partial charge in [0.05, 0.1) is 36.9 Å². The van der Waals surface area contributed by atoms with Crippen molar-refractivity contribution in [3.63, 3.8) is 0 Å². The quantitative estimate of drug-likeness (QED) is 0.515. The first-order valence-corrected chi connectivity index (χ1v) is 10.5. The van der Waals surface area contributed by atoms with Crippen LogP contribution in [0.25, 0.3) is 10.9 Å². The third kappa shape index (κ3) is 3.60. The Morgan fingerprint density at radius 1 is 1.16 bits per heavy atom. The van der Waals surface area contributed by atoms with E-state index in [0.29, 0.717) is 37.0 Å². The van der Waals surface area contributed by atoms with Crippen LogP contribution in [0.1, 0.15) is 16.2 Å². The second kappa shape index (κ2) is 8.22. The Morgan fingerprint density at radius 3 is 2.81 bits per heavy atom. The van der Waals surface area contributed by atoms with Gasteiger partial charge in [0, 0.05) is 31.0 Å². The van der Waals surface area contributed by atoms with Crippen LogP contribution in [0.15, 0.2) is 60.8 Å². The lowest BCUT2D eigenvalue weighted by molar-refractivity contribution is 0.0742. The van der Waals surface area contributed by atoms with Crippen molar-refractivity contribution in [1.29, 1.82) is 0 Å². The number of hydrogen-bond donors (Lipinski definition) is 2. The molecule has 32 heavy (non-hydrogen) atoms. The molecule has 0 spiro atoms. The van der Waals surface area contributed by atoms with E-state index in [-0.39, 0.29) is 5.91 Å². The second-order valence-electron chi connectivity index (χ2n) is 7.68. The molecule has 5 rings (SSSR count). The molecular formula is C24H24N6O2. The number of rotatable bonds is 4. The summed E-state index contributed by atoms with van der Waals surface area (Å²) in [7, 11) is 3.55. The van der Waals surface area contributed by atoms with Crippen LogP contribution in [0.4, 0.5) is 17.3 Å². The van der Waals surface area contributed by atoms with E-state index < -0.39 is 0 Å². The lowest BCUT2D eigenvalue weighted by Gasteiger charge is -2.20. The van der Waals surface area contributed by atoms with Crippen LogP contribution >= 0.6 is 0 Å². The van der Waals surface area contributed by atoms with E-state index in [0.717, 1.165) is 28.0 Å². The van der Waals surface area contributed by atoms with Crippen LogP contribution in [0, 0.1) is 0 Å². The van der Waals surface area contributed by atoms with Crippen molar-refractivity contribution in [2.75, 3.05) is 30.8 Å². The third-order valence-electron chi connectivity index (χ3n) is 5.72. The Morgan fingerprint density at radius 2 is 1.97 bits per heavy atom. The van der Waals surface area contributed by atoms with Crippen LogP contribution in [0.5, 0.6) is 5.75 Å². The normalized spacial score (nSPS) is 13.2. The second-order valence-corrected chi connectivity index (χ2v) is 7.68. The largest absolute Gasteiger partial charge is 0.495 e. The van der Waals surface area contributed by atoms with Gasteiger partial charge in [0.25, 0.3) is 5.91 Å². The summed E-state index contributed by atoms with van der Waals surface area (Å²) in [5, 5.41) is 7.61. The number of para-hydroxylation sites is 3. The van der Waals surface area contributed by atoms with Crippen LogP contribution in [0.2, 0.25) is 0 Å². The SMILES string of the molecule is COc1ccccc1Nc1ncc2c(n1)CN(C(=O)c1cc3ccccc3n1C)CCN2. The van der Waals surface area contributed by atoms with E-state index in [1.807, 2.05) is 71.1 Å². The maximum atomic E-state index is 13.4. The van der Waals surface area contributed by atoms with Crippen molar-refractivity contribution in [1.82, 2.24) is 19.4 Å². The van der Waals surface area contributed by atoms with Crippen molar-refractivity contribution >= 4 is 34.1 Å². The molecule has 0 unspecified atom stereocenters. The summed E-state index contributed by atoms with van der Waals surface area (Å²) in [6.07, 6.45) is 1.75. The highest BCUT2D eigenvalue weighted by molar-refractivity contribution is 5.98. The number of aryl methyl sites for hydroxylation is 1. The fourth-order valence-corrected chi connectivity index (χ4v) is 4.03. The molecule has 1 aliphatic rings. The smallest absolute Gasteiger partial charge is 0.270 e. The van der Waals surface area contributed by atoms with Gasteiger partial charge in [-0.1, -0.05) is 30.3 Å². The number of hydrogen-bond acceptors (Lipinski definition) is 6. The van der Waals surface area contributed by atoms with Crippen molar-refractivity contribution in [2.45, 2.75) is 6.54 Å². The molecule has 3 heterocycles. The van der Waals surface area contributed by atoms with Crippen molar-refractivity contribution in [2.24, 2.45) is 7.05 Å². The maximum absolute atomic E-state index is 13.4. The van der Waals surface area contributed by atoms with Crippen LogP contribution in [-0.4, -0.2) is 45.5 Å². The third-order valence-corrected chi connectivity index (χ3v) is 5.72. The number of amides is 1. The summed E-state index contributed by atoms with van der Waals surface area (Å²) >= 11 is 0. The van der Waals surface area contributed by atoms with E-state index in [9.17, 15) is 4.79 Å². The molecule has 0 aliphatic carbocycles. The highest BCUT2D eigenvalue weighted by atomic mass is 16.5. The molecule has 1 aliphatic heterocycles. The lowest BCUT2D eigenvalue weighted by atomic mass is 10.2. The molecule has 0 saturated heterocycles. The first-order chi connectivity index (χ1) is 15.6. The Kier molecular flexibility index (Phi) is 5.10. The van der Waals surface area contributed by atoms with E-state index >= 15 is 0 Å². The number of benzene rings is 2. The average Bonchev–Trinajstić information content (AvgIpc) is 3.01. The zero-order valence-electron chi connectivity index (χ0n) is 18.0. The van der Waals surface area contributed by atoms with Crippen molar-refractivity contribution < 1.29 is 9.53 Å². The molecule has 0 atom stereocenters. The van der Waals surface area contributed by atoms with Gasteiger partial charge in [-0.25, -0.2) is 9.97 Å². The number of anilines is 3. The highest BCUT2D eigenvalue weighted by Gasteiger charge is 2.24. The summed E-state index contributed by atoms with van der Waals surface area (Å²) in [5.41, 5.74) is 4.08. The minimum absolute atomic E-state index is 0.0174. The molecule has 1 amide bonds. The Balaban J connectivity index is 1.42. The molecule has 8 nitrogen and oxygen atoms in total. The fraction of sp³-hybridized carbons (Fsp3) is 0.208. The first kappa shape index (κ1) is 19.9. The number of nitrogens with zero attached hydrogens (tertiary/aromatic N) is 4. The monoisotopic (exact) mass is 428 g/mol. The van der Waals surface area contributed by atoms with Gasteiger partial charge in [-0.3, -0.25) is 4.79 Å². The van der Waals surface area contributed by atoms with Gasteiger partial charge in [-0.05, 0) is 24.3 Å². The number of methoxy groups -OCH3 is 1. The van der Waals surface area contributed by atoms with E-state index in [2.05, 4.69) is 15.6 Å². The predicted octanol–water partition coefficient (Wildman–Crippen LogP) is 3.79. The molecule has 162 valence electrons. The molecule has 4 aromatic rings. The standard InChI is InChI=1S/C24H24N6O2/c1-29-20-9-5-3-7-16(20)13-21(29)23(31)30-12-11-25-18-14-26-24(28-19(18)15-30)27-17-8-4-6-10-22(17)32-2/h3-10,13-14,25H,11-12,15H2,1-2H3,(H,26,27,28). The van der Waals surface area contributed by atoms with Gasteiger partial charge in [0.15, 0.2) is 0 Å². The Labute approximate surface area is 185 Å². The summed E-state index contributed by atoms with van der Waals surface area (Å²) in [4.78, 5) is 24.4. The minimum Gasteiger partial charge on any atom is -0.495 e. The molecule has 0 saturated carbocycles. The molecule has 2 aromatic carbocycles. The summed E-state index contributed by atoms with van der Waals surface area (Å²) in [6, 6.07) is 17.6. The topological polar surface area (TPSA) is 84.3 Å². The zero-order valence-corrected chi connectivity index (χ0v) is 18.0. The van der Waals surface area contributed by atoms with E-state index in [4.69, 9.17) is 9.72 Å². The van der Waals surface area contributed by atoms with Crippen LogP contribution in [0.3, 0.4) is 0 Å². The van der Waals surface area contributed by atoms with Gasteiger partial charge in [0.1, 0.15) is 11.4 Å². The number of nitrogens with one attached hydrogen (secondary N) is 2. The molecule has 0 bridgehead atoms. The van der Waals surface area contributed by atoms with Crippen molar-refractivity contribution in [3.05, 3.63) is 72.2 Å². The van der Waals surface area contributed by atoms with Crippen molar-refractivity contribution in [3.8, 4) is 5.75 Å². The molecule has 2 N–H and O–H groups in total. The number of aromatic nitrogens is 3. The van der Waals surface area contributed by atoms with Crippen LogP contribution < -0.4 is 15.4 Å². The van der Waals surface area contributed by atoms with Gasteiger partial charge in [-0.2, -0.15) is 0 Å². The first-order valence-electron chi connectivity index (χ1n) is 10.5. The van der Waals surface area contributed by atoms with E-state index in [1.165, 1.54) is 0 Å². The predicted molar refractivity (Wildman–Crippen MR) is 124 cm³/mol. The number of carbonyl (C=O) groups is 1. The minimum atomic E-state index is -0.0174. The van der Waals surface area contributed by atoms with Gasteiger partial charge in [0.2, 0.25) is 5.95 Å². The number of ether oxygens (including phenoxy) is 1. The van der Waals surface area contributed by atoms with E-state index in [1.54, 1.807) is 13.3 Å². The van der Waals surface area contributed by atoms with Gasteiger partial charge >= 0.3 is 0 Å². The molecule has 2 aromatic heterocycles. The average molecular weight is 428 g/mol. The molecule has 0 fully saturated rings. The number of fused-ring (bicyclic) bond motifs is 2. The molecule has 0 radical (unpaired) electrons. The fourth-order valence-electron chi connectivity index (χ4n) is 4.03. The highest BCUT2D eigenvalue weighted by Crippen LogP contribution is 2.27.